The van der Waals surface area contributed by atoms with Gasteiger partial charge in [0.25, 0.3) is 0 Å². The Morgan fingerprint density at radius 1 is 1.16 bits per heavy atom. The van der Waals surface area contributed by atoms with Crippen LogP contribution in [0.5, 0.6) is 0 Å². The van der Waals surface area contributed by atoms with Crippen molar-refractivity contribution in [3.63, 3.8) is 0 Å². The first-order valence-corrected chi connectivity index (χ1v) is 11.9. The highest BCUT2D eigenvalue weighted by Gasteiger charge is 2.38. The molecule has 3 heterocycles. The van der Waals surface area contributed by atoms with Gasteiger partial charge in [0.05, 0.1) is 11.7 Å². The Kier molecular flexibility index (Phi) is 6.71. The third-order valence-corrected chi connectivity index (χ3v) is 7.52. The zero-order valence-corrected chi connectivity index (χ0v) is 18.8. The standard InChI is InChI=1S/C20H24N6O3S2/c1-21-16(27)13-30-20-23-22-19(31-20)25-9-7-24(8-10-25)18(29)14-11-17(28)26(12-14)15-5-3-2-4-6-15/h2-6,14H,7-13H2,1H3,(H,21,27). The second-order valence-electron chi connectivity index (χ2n) is 7.37. The topological polar surface area (TPSA) is 98.7 Å². The van der Waals surface area contributed by atoms with Crippen molar-refractivity contribution in [2.45, 2.75) is 10.8 Å². The summed E-state index contributed by atoms with van der Waals surface area (Å²) in [5.41, 5.74) is 0.842. The number of amides is 3. The van der Waals surface area contributed by atoms with Gasteiger partial charge in [-0.3, -0.25) is 14.4 Å². The number of carbonyl (C=O) groups is 3. The van der Waals surface area contributed by atoms with Gasteiger partial charge in [-0.15, -0.1) is 10.2 Å². The maximum absolute atomic E-state index is 13.0. The molecule has 2 fully saturated rings. The van der Waals surface area contributed by atoms with Gasteiger partial charge >= 0.3 is 0 Å². The molecule has 1 aromatic heterocycles. The largest absolute Gasteiger partial charge is 0.358 e. The number of aromatic nitrogens is 2. The van der Waals surface area contributed by atoms with Crippen LogP contribution in [0.4, 0.5) is 10.8 Å². The van der Waals surface area contributed by atoms with Crippen LogP contribution in [0.1, 0.15) is 6.42 Å². The quantitative estimate of drug-likeness (QED) is 0.644. The number of nitrogens with zero attached hydrogens (tertiary/aromatic N) is 5. The lowest BCUT2D eigenvalue weighted by atomic mass is 10.1. The summed E-state index contributed by atoms with van der Waals surface area (Å²) in [5.74, 6) is 0.0102. The number of nitrogens with one attached hydrogen (secondary N) is 1. The number of anilines is 2. The second-order valence-corrected chi connectivity index (χ2v) is 9.54. The fourth-order valence-electron chi connectivity index (χ4n) is 3.69. The summed E-state index contributed by atoms with van der Waals surface area (Å²) in [4.78, 5) is 42.5. The molecule has 164 valence electrons. The van der Waals surface area contributed by atoms with Crippen LogP contribution in [0.3, 0.4) is 0 Å². The van der Waals surface area contributed by atoms with E-state index in [9.17, 15) is 14.4 Å². The fraction of sp³-hybridized carbons (Fsp3) is 0.450. The van der Waals surface area contributed by atoms with Gasteiger partial charge in [0.1, 0.15) is 0 Å². The van der Waals surface area contributed by atoms with Crippen molar-refractivity contribution in [2.24, 2.45) is 5.92 Å². The number of thioether (sulfide) groups is 1. The smallest absolute Gasteiger partial charge is 0.230 e. The lowest BCUT2D eigenvalue weighted by Gasteiger charge is -2.35. The van der Waals surface area contributed by atoms with Crippen molar-refractivity contribution in [1.29, 1.82) is 0 Å². The van der Waals surface area contributed by atoms with Crippen LogP contribution in [0, 0.1) is 5.92 Å². The Morgan fingerprint density at radius 2 is 1.90 bits per heavy atom. The monoisotopic (exact) mass is 460 g/mol. The summed E-state index contributed by atoms with van der Waals surface area (Å²) in [5, 5.41) is 11.8. The zero-order valence-electron chi connectivity index (χ0n) is 17.2. The van der Waals surface area contributed by atoms with Gasteiger partial charge in [-0.1, -0.05) is 41.3 Å². The number of carbonyl (C=O) groups excluding carboxylic acids is 3. The first-order chi connectivity index (χ1) is 15.0. The molecule has 1 unspecified atom stereocenters. The Morgan fingerprint density at radius 3 is 2.61 bits per heavy atom. The first-order valence-electron chi connectivity index (χ1n) is 10.1. The number of hydrogen-bond acceptors (Lipinski definition) is 8. The third kappa shape index (κ3) is 4.99. The highest BCUT2D eigenvalue weighted by Crippen LogP contribution is 2.30. The van der Waals surface area contributed by atoms with Crippen LogP contribution in [0.25, 0.3) is 0 Å². The molecule has 11 heteroatoms. The minimum atomic E-state index is -0.298. The SMILES string of the molecule is CNC(=O)CSc1nnc(N2CCN(C(=O)C3CC(=O)N(c4ccccc4)C3)CC2)s1. The summed E-state index contributed by atoms with van der Waals surface area (Å²) >= 11 is 2.82. The molecule has 0 saturated carbocycles. The average Bonchev–Trinajstić information content (AvgIpc) is 3.44. The number of benzene rings is 1. The number of piperazine rings is 1. The lowest BCUT2D eigenvalue weighted by molar-refractivity contribution is -0.136. The molecule has 2 aromatic rings. The van der Waals surface area contributed by atoms with Crippen molar-refractivity contribution in [2.75, 3.05) is 55.3 Å². The predicted octanol–water partition coefficient (Wildman–Crippen LogP) is 1.08. The molecule has 4 rings (SSSR count). The molecule has 9 nitrogen and oxygen atoms in total. The van der Waals surface area contributed by atoms with Gasteiger partial charge in [-0.25, -0.2) is 0 Å². The van der Waals surface area contributed by atoms with Crippen LogP contribution in [0.15, 0.2) is 34.7 Å². The fourth-order valence-corrected chi connectivity index (χ4v) is 5.46. The molecule has 2 aliphatic heterocycles. The summed E-state index contributed by atoms with van der Waals surface area (Å²) in [6.07, 6.45) is 0.260. The van der Waals surface area contributed by atoms with Gasteiger partial charge in [-0.05, 0) is 12.1 Å². The van der Waals surface area contributed by atoms with Crippen molar-refractivity contribution < 1.29 is 14.4 Å². The molecule has 2 aliphatic rings. The molecule has 0 aliphatic carbocycles. The van der Waals surface area contributed by atoms with Gasteiger partial charge in [-0.2, -0.15) is 0 Å². The van der Waals surface area contributed by atoms with Crippen molar-refractivity contribution >= 4 is 51.6 Å². The van der Waals surface area contributed by atoms with E-state index in [0.29, 0.717) is 38.5 Å². The predicted molar refractivity (Wildman–Crippen MR) is 120 cm³/mol. The van der Waals surface area contributed by atoms with E-state index < -0.39 is 0 Å². The first kappa shape index (κ1) is 21.6. The molecule has 1 atom stereocenters. The number of rotatable bonds is 6. The van der Waals surface area contributed by atoms with Crippen LogP contribution >= 0.6 is 23.1 Å². The van der Waals surface area contributed by atoms with Crippen LogP contribution in [0.2, 0.25) is 0 Å². The normalized spacial score (nSPS) is 19.1. The van der Waals surface area contributed by atoms with Crippen LogP contribution < -0.4 is 15.1 Å². The molecule has 1 N–H and O–H groups in total. The molecule has 3 amide bonds. The Labute approximate surface area is 188 Å². The van der Waals surface area contributed by atoms with E-state index in [-0.39, 0.29) is 30.1 Å². The van der Waals surface area contributed by atoms with E-state index in [2.05, 4.69) is 20.4 Å². The number of para-hydroxylation sites is 1. The molecule has 1 aromatic carbocycles. The van der Waals surface area contributed by atoms with E-state index in [1.807, 2.05) is 35.2 Å². The molecule has 0 radical (unpaired) electrons. The van der Waals surface area contributed by atoms with E-state index >= 15 is 0 Å². The highest BCUT2D eigenvalue weighted by molar-refractivity contribution is 8.01. The summed E-state index contributed by atoms with van der Waals surface area (Å²) in [6, 6.07) is 9.49. The van der Waals surface area contributed by atoms with E-state index in [1.54, 1.807) is 11.9 Å². The van der Waals surface area contributed by atoms with Crippen molar-refractivity contribution in [3.8, 4) is 0 Å². The Bertz CT molecular complexity index is 945. The molecular weight excluding hydrogens is 436 g/mol. The third-order valence-electron chi connectivity index (χ3n) is 5.41. The molecule has 2 saturated heterocycles. The summed E-state index contributed by atoms with van der Waals surface area (Å²) in [7, 11) is 1.61. The lowest BCUT2D eigenvalue weighted by Crippen LogP contribution is -2.50. The minimum absolute atomic E-state index is 0.00108. The van der Waals surface area contributed by atoms with Gasteiger partial charge < -0.3 is 20.0 Å². The highest BCUT2D eigenvalue weighted by atomic mass is 32.2. The van der Waals surface area contributed by atoms with Gasteiger partial charge in [0, 0.05) is 51.9 Å². The maximum Gasteiger partial charge on any atom is 0.230 e. The van der Waals surface area contributed by atoms with E-state index in [1.165, 1.54) is 23.1 Å². The summed E-state index contributed by atoms with van der Waals surface area (Å²) in [6.45, 7) is 2.96. The Hall–Kier alpha value is -2.66. The molecule has 0 spiro atoms. The zero-order chi connectivity index (χ0) is 21.8. The van der Waals surface area contributed by atoms with E-state index in [0.717, 1.165) is 15.2 Å². The number of hydrogen-bond donors (Lipinski definition) is 1. The van der Waals surface area contributed by atoms with Crippen LogP contribution in [-0.2, 0) is 14.4 Å². The molecular formula is C20H24N6O3S2. The van der Waals surface area contributed by atoms with E-state index in [4.69, 9.17) is 0 Å². The second kappa shape index (κ2) is 9.65. The van der Waals surface area contributed by atoms with Crippen LogP contribution in [-0.4, -0.2) is 78.3 Å². The van der Waals surface area contributed by atoms with Gasteiger partial charge in [0.15, 0.2) is 4.34 Å². The maximum atomic E-state index is 13.0. The molecule has 0 bridgehead atoms. The summed E-state index contributed by atoms with van der Waals surface area (Å²) < 4.78 is 0.752. The van der Waals surface area contributed by atoms with Gasteiger partial charge in [0.2, 0.25) is 22.9 Å². The van der Waals surface area contributed by atoms with Crippen molar-refractivity contribution in [1.82, 2.24) is 20.4 Å². The minimum Gasteiger partial charge on any atom is -0.358 e. The molecule has 31 heavy (non-hydrogen) atoms. The average molecular weight is 461 g/mol. The Balaban J connectivity index is 1.29. The van der Waals surface area contributed by atoms with Crippen molar-refractivity contribution in [3.05, 3.63) is 30.3 Å².